The van der Waals surface area contributed by atoms with Gasteiger partial charge in [-0.3, -0.25) is 0 Å². The van der Waals surface area contributed by atoms with Crippen LogP contribution in [0.15, 0.2) is 39.8 Å². The molecule has 0 aliphatic carbocycles. The Bertz CT molecular complexity index is 1060. The second-order valence-corrected chi connectivity index (χ2v) is 7.36. The summed E-state index contributed by atoms with van der Waals surface area (Å²) < 4.78 is 13.5. The quantitative estimate of drug-likeness (QED) is 0.459. The van der Waals surface area contributed by atoms with E-state index >= 15 is 0 Å². The number of hydrogen-bond acceptors (Lipinski definition) is 6. The summed E-state index contributed by atoms with van der Waals surface area (Å²) in [6, 6.07) is 4.15. The Labute approximate surface area is 163 Å². The van der Waals surface area contributed by atoms with E-state index in [1.165, 1.54) is 0 Å². The molecule has 0 unspecified atom stereocenters. The zero-order chi connectivity index (χ0) is 19.7. The number of fused-ring (bicyclic) bond motifs is 1. The number of hydrogen-bond donors (Lipinski definition) is 1. The van der Waals surface area contributed by atoms with Crippen LogP contribution in [0.1, 0.15) is 43.4 Å². The zero-order valence-electron chi connectivity index (χ0n) is 16.7. The third kappa shape index (κ3) is 3.52. The molecule has 0 bridgehead atoms. The van der Waals surface area contributed by atoms with Crippen molar-refractivity contribution in [3.63, 3.8) is 0 Å². The SMILES string of the molecule is Cc1noc(C)c1-c1cc2cc(C(C)C)oc2c(NCCCn2ccnc2)n1. The van der Waals surface area contributed by atoms with Gasteiger partial charge in [-0.25, -0.2) is 9.97 Å². The third-order valence-electron chi connectivity index (χ3n) is 4.82. The van der Waals surface area contributed by atoms with Crippen molar-refractivity contribution in [3.8, 4) is 11.3 Å². The number of aromatic nitrogens is 4. The van der Waals surface area contributed by atoms with Gasteiger partial charge in [0.1, 0.15) is 11.5 Å². The molecule has 0 spiro atoms. The second kappa shape index (κ2) is 7.50. The number of imidazole rings is 1. The van der Waals surface area contributed by atoms with Crippen molar-refractivity contribution in [2.24, 2.45) is 0 Å². The van der Waals surface area contributed by atoms with Crippen molar-refractivity contribution in [1.29, 1.82) is 0 Å². The Morgan fingerprint density at radius 3 is 2.75 bits per heavy atom. The van der Waals surface area contributed by atoms with Crippen molar-refractivity contribution in [2.75, 3.05) is 11.9 Å². The van der Waals surface area contributed by atoms with Crippen molar-refractivity contribution in [1.82, 2.24) is 19.7 Å². The van der Waals surface area contributed by atoms with Gasteiger partial charge in [-0.05, 0) is 32.4 Å². The molecule has 0 aromatic carbocycles. The zero-order valence-corrected chi connectivity index (χ0v) is 16.7. The highest BCUT2D eigenvalue weighted by Gasteiger charge is 2.18. The van der Waals surface area contributed by atoms with Gasteiger partial charge in [-0.2, -0.15) is 0 Å². The number of rotatable bonds is 7. The molecule has 0 atom stereocenters. The maximum absolute atomic E-state index is 6.12. The van der Waals surface area contributed by atoms with E-state index in [2.05, 4.69) is 39.9 Å². The maximum atomic E-state index is 6.12. The lowest BCUT2D eigenvalue weighted by Gasteiger charge is -2.09. The average Bonchev–Trinajstić information content (AvgIpc) is 3.38. The molecule has 0 saturated heterocycles. The average molecular weight is 379 g/mol. The Balaban J connectivity index is 1.66. The van der Waals surface area contributed by atoms with Crippen LogP contribution in [0.3, 0.4) is 0 Å². The molecule has 0 radical (unpaired) electrons. The van der Waals surface area contributed by atoms with Gasteiger partial charge in [0.05, 0.1) is 23.3 Å². The molecule has 4 aromatic heterocycles. The molecule has 7 heteroatoms. The molecular weight excluding hydrogens is 354 g/mol. The van der Waals surface area contributed by atoms with Crippen LogP contribution in [-0.2, 0) is 6.54 Å². The summed E-state index contributed by atoms with van der Waals surface area (Å²) in [5.41, 5.74) is 3.41. The number of anilines is 1. The lowest BCUT2D eigenvalue weighted by atomic mass is 10.1. The molecule has 4 rings (SSSR count). The first-order chi connectivity index (χ1) is 13.5. The van der Waals surface area contributed by atoms with Crippen molar-refractivity contribution in [3.05, 3.63) is 48.1 Å². The molecule has 0 aliphatic heterocycles. The van der Waals surface area contributed by atoms with Gasteiger partial charge < -0.3 is 18.8 Å². The van der Waals surface area contributed by atoms with Crippen LogP contribution in [-0.4, -0.2) is 26.2 Å². The fourth-order valence-electron chi connectivity index (χ4n) is 3.34. The molecule has 0 fully saturated rings. The molecule has 146 valence electrons. The lowest BCUT2D eigenvalue weighted by molar-refractivity contribution is 0.393. The highest BCUT2D eigenvalue weighted by Crippen LogP contribution is 2.34. The first kappa shape index (κ1) is 18.3. The van der Waals surface area contributed by atoms with Crippen molar-refractivity contribution >= 4 is 16.8 Å². The smallest absolute Gasteiger partial charge is 0.176 e. The van der Waals surface area contributed by atoms with E-state index in [0.29, 0.717) is 5.92 Å². The summed E-state index contributed by atoms with van der Waals surface area (Å²) in [6.45, 7) is 9.77. The van der Waals surface area contributed by atoms with Gasteiger partial charge in [-0.15, -0.1) is 0 Å². The number of furan rings is 1. The van der Waals surface area contributed by atoms with Crippen molar-refractivity contribution in [2.45, 2.75) is 46.6 Å². The minimum absolute atomic E-state index is 0.309. The van der Waals surface area contributed by atoms with Gasteiger partial charge in [0.2, 0.25) is 0 Å². The summed E-state index contributed by atoms with van der Waals surface area (Å²) in [6.07, 6.45) is 6.54. The highest BCUT2D eigenvalue weighted by molar-refractivity contribution is 5.91. The molecule has 4 heterocycles. The van der Waals surface area contributed by atoms with Gasteiger partial charge >= 0.3 is 0 Å². The molecule has 28 heavy (non-hydrogen) atoms. The largest absolute Gasteiger partial charge is 0.457 e. The Kier molecular flexibility index (Phi) is 4.90. The first-order valence-electron chi connectivity index (χ1n) is 9.60. The molecule has 4 aromatic rings. The van der Waals surface area contributed by atoms with Gasteiger partial charge in [-0.1, -0.05) is 19.0 Å². The fourth-order valence-corrected chi connectivity index (χ4v) is 3.34. The van der Waals surface area contributed by atoms with Gasteiger partial charge in [0.25, 0.3) is 0 Å². The van der Waals surface area contributed by atoms with Gasteiger partial charge in [0, 0.05) is 36.8 Å². The van der Waals surface area contributed by atoms with Crippen LogP contribution < -0.4 is 5.32 Å². The number of nitrogens with zero attached hydrogens (tertiary/aromatic N) is 4. The molecule has 7 nitrogen and oxygen atoms in total. The van der Waals surface area contributed by atoms with Crippen LogP contribution in [0.5, 0.6) is 0 Å². The summed E-state index contributed by atoms with van der Waals surface area (Å²) in [4.78, 5) is 8.92. The molecule has 0 aliphatic rings. The topological polar surface area (TPSA) is 81.9 Å². The molecule has 0 amide bonds. The second-order valence-electron chi connectivity index (χ2n) is 7.36. The third-order valence-corrected chi connectivity index (χ3v) is 4.82. The van der Waals surface area contributed by atoms with Crippen LogP contribution >= 0.6 is 0 Å². The Morgan fingerprint density at radius 1 is 1.21 bits per heavy atom. The van der Waals surface area contributed by atoms with Crippen LogP contribution in [0, 0.1) is 13.8 Å². The summed E-state index contributed by atoms with van der Waals surface area (Å²) in [5, 5.41) is 8.56. The van der Waals surface area contributed by atoms with Crippen LogP contribution in [0.4, 0.5) is 5.82 Å². The Morgan fingerprint density at radius 2 is 2.07 bits per heavy atom. The Hall–Kier alpha value is -3.09. The monoisotopic (exact) mass is 379 g/mol. The maximum Gasteiger partial charge on any atom is 0.176 e. The molecular formula is C21H25N5O2. The molecule has 1 N–H and O–H groups in total. The fraction of sp³-hybridized carbons (Fsp3) is 0.381. The minimum Gasteiger partial charge on any atom is -0.457 e. The van der Waals surface area contributed by atoms with E-state index in [0.717, 1.165) is 64.8 Å². The van der Waals surface area contributed by atoms with E-state index in [4.69, 9.17) is 13.9 Å². The van der Waals surface area contributed by atoms with Crippen molar-refractivity contribution < 1.29 is 8.94 Å². The number of pyridine rings is 1. The lowest BCUT2D eigenvalue weighted by Crippen LogP contribution is -2.07. The normalized spacial score (nSPS) is 11.6. The predicted molar refractivity (Wildman–Crippen MR) is 108 cm³/mol. The summed E-state index contributed by atoms with van der Waals surface area (Å²) in [5.74, 6) is 2.78. The minimum atomic E-state index is 0.309. The van der Waals surface area contributed by atoms with E-state index < -0.39 is 0 Å². The van der Waals surface area contributed by atoms with E-state index in [-0.39, 0.29) is 0 Å². The van der Waals surface area contributed by atoms with E-state index in [1.54, 1.807) is 6.20 Å². The summed E-state index contributed by atoms with van der Waals surface area (Å²) >= 11 is 0. The predicted octanol–water partition coefficient (Wildman–Crippen LogP) is 4.92. The highest BCUT2D eigenvalue weighted by atomic mass is 16.5. The van der Waals surface area contributed by atoms with E-state index in [9.17, 15) is 0 Å². The van der Waals surface area contributed by atoms with Crippen LogP contribution in [0.25, 0.3) is 22.2 Å². The first-order valence-corrected chi connectivity index (χ1v) is 9.60. The van der Waals surface area contributed by atoms with E-state index in [1.807, 2.05) is 32.4 Å². The number of aryl methyl sites for hydroxylation is 3. The van der Waals surface area contributed by atoms with Crippen LogP contribution in [0.2, 0.25) is 0 Å². The number of nitrogens with one attached hydrogen (secondary N) is 1. The van der Waals surface area contributed by atoms with Gasteiger partial charge in [0.15, 0.2) is 11.4 Å². The summed E-state index contributed by atoms with van der Waals surface area (Å²) in [7, 11) is 0. The molecule has 0 saturated carbocycles. The standard InChI is InChI=1S/C21H25N5O2/c1-13(2)18-11-16-10-17(19-14(3)25-28-15(19)4)24-21(20(16)27-18)23-6-5-8-26-9-7-22-12-26/h7,9-13H,5-6,8H2,1-4H3,(H,23,24).